The summed E-state index contributed by atoms with van der Waals surface area (Å²) in [7, 11) is -2.60. The van der Waals surface area contributed by atoms with E-state index in [1.54, 1.807) is 0 Å². The Morgan fingerprint density at radius 1 is 1.23 bits per heavy atom. The van der Waals surface area contributed by atoms with Crippen LogP contribution in [0.5, 0.6) is 0 Å². The molecule has 0 spiro atoms. The molecule has 0 amide bonds. The van der Waals surface area contributed by atoms with Crippen LogP contribution < -0.4 is 0 Å². The van der Waals surface area contributed by atoms with E-state index in [4.69, 9.17) is 23.2 Å². The largest absolute Gasteiger partial charge is 0.296 e. The molecule has 1 aromatic carbocycles. The van der Waals surface area contributed by atoms with Gasteiger partial charge in [-0.05, 0) is 18.2 Å². The fraction of sp³-hybridized carbons (Fsp3) is 0.143. The van der Waals surface area contributed by atoms with E-state index in [9.17, 15) is 8.42 Å². The maximum absolute atomic E-state index is 11.1. The van der Waals surface area contributed by atoms with Crippen molar-refractivity contribution in [2.75, 3.05) is 7.11 Å². The summed E-state index contributed by atoms with van der Waals surface area (Å²) < 4.78 is 26.6. The number of rotatable bonds is 2. The van der Waals surface area contributed by atoms with Gasteiger partial charge in [-0.25, -0.2) is 0 Å². The average Bonchev–Trinajstić information content (AvgIpc) is 2.09. The first-order chi connectivity index (χ1) is 5.97. The first kappa shape index (κ1) is 10.8. The van der Waals surface area contributed by atoms with Crippen LogP contribution in [0.4, 0.5) is 0 Å². The van der Waals surface area contributed by atoms with E-state index in [0.29, 0.717) is 5.02 Å². The van der Waals surface area contributed by atoms with E-state index < -0.39 is 10.1 Å². The van der Waals surface area contributed by atoms with Gasteiger partial charge in [0, 0.05) is 0 Å². The molecule has 0 aliphatic heterocycles. The molecule has 0 atom stereocenters. The van der Waals surface area contributed by atoms with Crippen molar-refractivity contribution in [3.8, 4) is 0 Å². The second kappa shape index (κ2) is 3.84. The van der Waals surface area contributed by atoms with Gasteiger partial charge in [0.25, 0.3) is 10.1 Å². The minimum Gasteiger partial charge on any atom is -0.270 e. The highest BCUT2D eigenvalue weighted by Gasteiger charge is 2.13. The molecule has 1 rings (SSSR count). The molecule has 0 radical (unpaired) electrons. The Bertz CT molecular complexity index is 414. The van der Waals surface area contributed by atoms with Gasteiger partial charge in [-0.15, -0.1) is 0 Å². The highest BCUT2D eigenvalue weighted by Crippen LogP contribution is 2.25. The van der Waals surface area contributed by atoms with Gasteiger partial charge >= 0.3 is 0 Å². The fourth-order valence-electron chi connectivity index (χ4n) is 0.729. The number of hydrogen-bond acceptors (Lipinski definition) is 3. The number of benzene rings is 1. The quantitative estimate of drug-likeness (QED) is 0.746. The Kier molecular flexibility index (Phi) is 3.18. The van der Waals surface area contributed by atoms with Crippen LogP contribution in [0.1, 0.15) is 0 Å². The molecule has 13 heavy (non-hydrogen) atoms. The molecule has 1 aromatic rings. The summed E-state index contributed by atoms with van der Waals surface area (Å²) in [6.07, 6.45) is 0. The number of hydrogen-bond donors (Lipinski definition) is 0. The van der Waals surface area contributed by atoms with Crippen LogP contribution in [0.25, 0.3) is 0 Å². The molecule has 0 N–H and O–H groups in total. The van der Waals surface area contributed by atoms with Gasteiger partial charge in [-0.2, -0.15) is 8.42 Å². The summed E-state index contributed by atoms with van der Waals surface area (Å²) >= 11 is 11.2. The van der Waals surface area contributed by atoms with E-state index in [0.717, 1.165) is 7.11 Å². The van der Waals surface area contributed by atoms with E-state index in [1.807, 2.05) is 0 Å². The van der Waals surface area contributed by atoms with Gasteiger partial charge in [0.15, 0.2) is 0 Å². The maximum atomic E-state index is 11.1. The minimum atomic E-state index is -3.68. The van der Waals surface area contributed by atoms with Gasteiger partial charge in [-0.3, -0.25) is 4.18 Å². The molecule has 0 fully saturated rings. The highest BCUT2D eigenvalue weighted by atomic mass is 35.5. The van der Waals surface area contributed by atoms with Crippen LogP contribution >= 0.6 is 23.2 Å². The van der Waals surface area contributed by atoms with Crippen molar-refractivity contribution in [3.63, 3.8) is 0 Å². The predicted molar refractivity (Wildman–Crippen MR) is 50.7 cm³/mol. The fourth-order valence-corrected chi connectivity index (χ4v) is 1.78. The predicted octanol–water partition coefficient (Wildman–Crippen LogP) is 2.33. The van der Waals surface area contributed by atoms with Crippen LogP contribution in [0.3, 0.4) is 0 Å². The van der Waals surface area contributed by atoms with Crippen molar-refractivity contribution in [3.05, 3.63) is 28.2 Å². The van der Waals surface area contributed by atoms with Crippen molar-refractivity contribution in [2.45, 2.75) is 4.90 Å². The monoisotopic (exact) mass is 240 g/mol. The molecule has 0 heterocycles. The summed E-state index contributed by atoms with van der Waals surface area (Å²) in [5, 5.41) is 0.483. The lowest BCUT2D eigenvalue weighted by molar-refractivity contribution is 0.398. The van der Waals surface area contributed by atoms with Crippen molar-refractivity contribution in [1.29, 1.82) is 0 Å². The molecule has 0 bridgehead atoms. The standard InChI is InChI=1S/C7H6Cl2O3S/c1-12-13(10,11)5-2-3-6(8)7(9)4-5/h2-4H,1H3. The van der Waals surface area contributed by atoms with Crippen LogP contribution in [0.2, 0.25) is 10.0 Å². The lowest BCUT2D eigenvalue weighted by Gasteiger charge is -2.01. The van der Waals surface area contributed by atoms with Crippen LogP contribution in [-0.4, -0.2) is 15.5 Å². The maximum Gasteiger partial charge on any atom is 0.296 e. The van der Waals surface area contributed by atoms with Crippen molar-refractivity contribution in [2.24, 2.45) is 0 Å². The molecule has 3 nitrogen and oxygen atoms in total. The van der Waals surface area contributed by atoms with E-state index in [-0.39, 0.29) is 9.92 Å². The highest BCUT2D eigenvalue weighted by molar-refractivity contribution is 7.86. The second-order valence-corrected chi connectivity index (χ2v) is 4.72. The van der Waals surface area contributed by atoms with Gasteiger partial charge in [0.05, 0.1) is 22.1 Å². The Labute approximate surface area is 86.4 Å². The molecule has 0 saturated carbocycles. The molecule has 0 aliphatic rings. The molecular weight excluding hydrogens is 235 g/mol. The van der Waals surface area contributed by atoms with Crippen molar-refractivity contribution >= 4 is 33.3 Å². The van der Waals surface area contributed by atoms with Crippen molar-refractivity contribution in [1.82, 2.24) is 0 Å². The summed E-state index contributed by atoms with van der Waals surface area (Å²) in [5.74, 6) is 0. The van der Waals surface area contributed by atoms with Gasteiger partial charge in [0.1, 0.15) is 0 Å². The third-order valence-electron chi connectivity index (χ3n) is 1.40. The molecule has 0 aliphatic carbocycles. The van der Waals surface area contributed by atoms with Gasteiger partial charge < -0.3 is 0 Å². The Balaban J connectivity index is 3.27. The smallest absolute Gasteiger partial charge is 0.270 e. The SMILES string of the molecule is COS(=O)(=O)c1ccc(Cl)c(Cl)c1. The molecular formula is C7H6Cl2O3S. The molecule has 0 aromatic heterocycles. The Hall–Kier alpha value is -0.290. The third kappa shape index (κ3) is 2.34. The molecule has 72 valence electrons. The third-order valence-corrected chi connectivity index (χ3v) is 3.41. The molecule has 0 unspecified atom stereocenters. The zero-order valence-electron chi connectivity index (χ0n) is 6.62. The summed E-state index contributed by atoms with van der Waals surface area (Å²) in [4.78, 5) is -0.00981. The number of halogens is 2. The van der Waals surface area contributed by atoms with E-state index in [2.05, 4.69) is 4.18 Å². The van der Waals surface area contributed by atoms with Gasteiger partial charge in [0.2, 0.25) is 0 Å². The Morgan fingerprint density at radius 2 is 1.85 bits per heavy atom. The Morgan fingerprint density at radius 3 is 2.31 bits per heavy atom. The summed E-state index contributed by atoms with van der Waals surface area (Å²) in [6.45, 7) is 0. The molecule has 0 saturated heterocycles. The first-order valence-electron chi connectivity index (χ1n) is 3.23. The van der Waals surface area contributed by atoms with Crippen LogP contribution in [0.15, 0.2) is 23.1 Å². The van der Waals surface area contributed by atoms with Crippen LogP contribution in [0, 0.1) is 0 Å². The topological polar surface area (TPSA) is 43.4 Å². The normalized spacial score (nSPS) is 11.6. The zero-order chi connectivity index (χ0) is 10.1. The second-order valence-electron chi connectivity index (χ2n) is 2.20. The van der Waals surface area contributed by atoms with E-state index in [1.165, 1.54) is 18.2 Å². The lowest BCUT2D eigenvalue weighted by Crippen LogP contribution is -2.02. The zero-order valence-corrected chi connectivity index (χ0v) is 8.95. The average molecular weight is 241 g/mol. The van der Waals surface area contributed by atoms with Crippen LogP contribution in [-0.2, 0) is 14.3 Å². The van der Waals surface area contributed by atoms with E-state index >= 15 is 0 Å². The van der Waals surface area contributed by atoms with Crippen molar-refractivity contribution < 1.29 is 12.6 Å². The molecule has 6 heteroatoms. The summed E-state index contributed by atoms with van der Waals surface area (Å²) in [6, 6.07) is 3.96. The first-order valence-corrected chi connectivity index (χ1v) is 5.39. The summed E-state index contributed by atoms with van der Waals surface area (Å²) in [5.41, 5.74) is 0. The van der Waals surface area contributed by atoms with Gasteiger partial charge in [-0.1, -0.05) is 23.2 Å². The minimum absolute atomic E-state index is 0.00981. The lowest BCUT2D eigenvalue weighted by atomic mass is 10.4.